The first-order valence-electron chi connectivity index (χ1n) is 5.12. The lowest BCUT2D eigenvalue weighted by Crippen LogP contribution is -2.26. The van der Waals surface area contributed by atoms with E-state index in [1.165, 1.54) is 6.07 Å². The summed E-state index contributed by atoms with van der Waals surface area (Å²) in [6.45, 7) is 2.42. The minimum absolute atomic E-state index is 0.0102. The number of phenolic OH excluding ortho intramolecular Hbond substituents is 1. The van der Waals surface area contributed by atoms with Gasteiger partial charge in [0.2, 0.25) is 0 Å². The molecule has 1 heterocycles. The molecule has 0 unspecified atom stereocenters. The average Bonchev–Trinajstić information content (AvgIpc) is 2.29. The lowest BCUT2D eigenvalue weighted by Gasteiger charge is -2.23. The predicted molar refractivity (Wildman–Crippen MR) is 59.7 cm³/mol. The number of benzene rings is 1. The first-order valence-corrected chi connectivity index (χ1v) is 5.12. The molecule has 0 saturated carbocycles. The first kappa shape index (κ1) is 10.8. The Bertz CT molecular complexity index is 431. The zero-order chi connectivity index (χ0) is 11.7. The van der Waals surface area contributed by atoms with E-state index in [4.69, 9.17) is 10.5 Å². The van der Waals surface area contributed by atoms with Crippen LogP contribution in [0.4, 0.5) is 5.69 Å². The van der Waals surface area contributed by atoms with Gasteiger partial charge >= 0.3 is 0 Å². The zero-order valence-electron chi connectivity index (χ0n) is 8.99. The van der Waals surface area contributed by atoms with Gasteiger partial charge < -0.3 is 20.9 Å². The highest BCUT2D eigenvalue weighted by atomic mass is 16.5. The van der Waals surface area contributed by atoms with Gasteiger partial charge in [-0.3, -0.25) is 4.79 Å². The van der Waals surface area contributed by atoms with E-state index in [1.807, 2.05) is 6.92 Å². The van der Waals surface area contributed by atoms with Crippen molar-refractivity contribution in [2.24, 2.45) is 5.73 Å². The second kappa shape index (κ2) is 4.02. The number of aromatic hydroxyl groups is 1. The molecule has 0 saturated heterocycles. The van der Waals surface area contributed by atoms with Gasteiger partial charge in [-0.15, -0.1) is 0 Å². The van der Waals surface area contributed by atoms with Crippen molar-refractivity contribution in [3.63, 3.8) is 0 Å². The minimum atomic E-state index is -0.264. The summed E-state index contributed by atoms with van der Waals surface area (Å²) in [5.41, 5.74) is 6.84. The molecule has 0 bridgehead atoms. The summed E-state index contributed by atoms with van der Waals surface area (Å²) in [6, 6.07) is 3.30. The number of rotatable bonds is 2. The smallest absolute Gasteiger partial charge is 0.262 e. The zero-order valence-corrected chi connectivity index (χ0v) is 8.99. The van der Waals surface area contributed by atoms with Gasteiger partial charge in [-0.2, -0.15) is 0 Å². The summed E-state index contributed by atoms with van der Waals surface area (Å²) in [5, 5.41) is 12.2. The molecule has 0 aliphatic carbocycles. The summed E-state index contributed by atoms with van der Waals surface area (Å²) in [5.74, 6) is 0.387. The Hall–Kier alpha value is -1.75. The summed E-state index contributed by atoms with van der Waals surface area (Å²) < 4.78 is 5.34. The SMILES string of the molecule is C[C@@H](CN)c1ccc(O)c2c1OCC(=O)N2. The first-order chi connectivity index (χ1) is 7.63. The Balaban J connectivity index is 2.50. The van der Waals surface area contributed by atoms with Crippen molar-refractivity contribution in [2.45, 2.75) is 12.8 Å². The van der Waals surface area contributed by atoms with Gasteiger partial charge in [0.25, 0.3) is 5.91 Å². The summed E-state index contributed by atoms with van der Waals surface area (Å²) >= 11 is 0. The Morgan fingerprint density at radius 3 is 3.06 bits per heavy atom. The molecule has 16 heavy (non-hydrogen) atoms. The van der Waals surface area contributed by atoms with Crippen LogP contribution in [0.3, 0.4) is 0 Å². The number of hydrogen-bond acceptors (Lipinski definition) is 4. The van der Waals surface area contributed by atoms with Crippen LogP contribution in [-0.2, 0) is 4.79 Å². The second-order valence-electron chi connectivity index (χ2n) is 3.85. The highest BCUT2D eigenvalue weighted by Gasteiger charge is 2.24. The van der Waals surface area contributed by atoms with E-state index in [0.717, 1.165) is 5.56 Å². The lowest BCUT2D eigenvalue weighted by molar-refractivity contribution is -0.118. The molecule has 0 radical (unpaired) electrons. The number of ether oxygens (including phenoxy) is 1. The number of hydrogen-bond donors (Lipinski definition) is 3. The third-order valence-electron chi connectivity index (χ3n) is 2.66. The normalized spacial score (nSPS) is 16.0. The third-order valence-corrected chi connectivity index (χ3v) is 2.66. The molecule has 86 valence electrons. The van der Waals surface area contributed by atoms with Crippen molar-refractivity contribution in [3.05, 3.63) is 17.7 Å². The van der Waals surface area contributed by atoms with Crippen molar-refractivity contribution in [3.8, 4) is 11.5 Å². The molecular weight excluding hydrogens is 208 g/mol. The number of nitrogens with one attached hydrogen (secondary N) is 1. The van der Waals surface area contributed by atoms with Gasteiger partial charge in [0, 0.05) is 5.56 Å². The van der Waals surface area contributed by atoms with Crippen LogP contribution < -0.4 is 15.8 Å². The molecule has 1 aliphatic heterocycles. The van der Waals surface area contributed by atoms with Crippen molar-refractivity contribution in [1.82, 2.24) is 0 Å². The maximum atomic E-state index is 11.2. The van der Waals surface area contributed by atoms with Gasteiger partial charge in [0.1, 0.15) is 11.4 Å². The number of nitrogens with two attached hydrogens (primary N) is 1. The quantitative estimate of drug-likeness (QED) is 0.646. The third kappa shape index (κ3) is 1.69. The molecule has 1 aromatic carbocycles. The molecule has 1 aliphatic rings. The molecule has 0 aromatic heterocycles. The average molecular weight is 222 g/mol. The fourth-order valence-corrected chi connectivity index (χ4v) is 1.69. The van der Waals surface area contributed by atoms with E-state index in [0.29, 0.717) is 18.0 Å². The molecule has 5 heteroatoms. The fourth-order valence-electron chi connectivity index (χ4n) is 1.69. The van der Waals surface area contributed by atoms with E-state index in [-0.39, 0.29) is 24.2 Å². The molecule has 1 amide bonds. The molecule has 4 N–H and O–H groups in total. The lowest BCUT2D eigenvalue weighted by atomic mass is 9.98. The van der Waals surface area contributed by atoms with Crippen molar-refractivity contribution in [2.75, 3.05) is 18.5 Å². The summed E-state index contributed by atoms with van der Waals surface area (Å²) in [4.78, 5) is 11.2. The molecular formula is C11H14N2O3. The molecule has 1 atom stereocenters. The van der Waals surface area contributed by atoms with E-state index in [1.54, 1.807) is 6.07 Å². The van der Waals surface area contributed by atoms with Gasteiger partial charge in [0.05, 0.1) is 0 Å². The van der Waals surface area contributed by atoms with E-state index >= 15 is 0 Å². The number of amides is 1. The Kier molecular flexibility index (Phi) is 2.70. The standard InChI is InChI=1S/C11H14N2O3/c1-6(4-12)7-2-3-8(14)10-11(7)16-5-9(15)13-10/h2-3,6,14H,4-5,12H2,1H3,(H,13,15)/t6-/m0/s1. The molecule has 5 nitrogen and oxygen atoms in total. The van der Waals surface area contributed by atoms with E-state index in [2.05, 4.69) is 5.32 Å². The van der Waals surface area contributed by atoms with Crippen LogP contribution in [0.2, 0.25) is 0 Å². The minimum Gasteiger partial charge on any atom is -0.506 e. The second-order valence-corrected chi connectivity index (χ2v) is 3.85. The summed E-state index contributed by atoms with van der Waals surface area (Å²) in [6.07, 6.45) is 0. The molecule has 0 fully saturated rings. The number of fused-ring (bicyclic) bond motifs is 1. The van der Waals surface area contributed by atoms with Crippen molar-refractivity contribution in [1.29, 1.82) is 0 Å². The Morgan fingerprint density at radius 2 is 2.38 bits per heavy atom. The highest BCUT2D eigenvalue weighted by molar-refractivity contribution is 5.97. The maximum Gasteiger partial charge on any atom is 0.262 e. The number of phenols is 1. The van der Waals surface area contributed by atoms with Gasteiger partial charge in [0.15, 0.2) is 12.4 Å². The monoisotopic (exact) mass is 222 g/mol. The maximum absolute atomic E-state index is 11.2. The van der Waals surface area contributed by atoms with Crippen LogP contribution >= 0.6 is 0 Å². The predicted octanol–water partition coefficient (Wildman–Crippen LogP) is 0.785. The number of anilines is 1. The van der Waals surface area contributed by atoms with Gasteiger partial charge in [-0.05, 0) is 18.5 Å². The van der Waals surface area contributed by atoms with Gasteiger partial charge in [-0.1, -0.05) is 13.0 Å². The van der Waals surface area contributed by atoms with Crippen molar-refractivity contribution >= 4 is 11.6 Å². The largest absolute Gasteiger partial charge is 0.506 e. The van der Waals surface area contributed by atoms with E-state index < -0.39 is 0 Å². The van der Waals surface area contributed by atoms with Crippen LogP contribution in [0.1, 0.15) is 18.4 Å². The molecule has 0 spiro atoms. The molecule has 1 aromatic rings. The highest BCUT2D eigenvalue weighted by Crippen LogP contribution is 2.41. The Morgan fingerprint density at radius 1 is 1.62 bits per heavy atom. The topological polar surface area (TPSA) is 84.6 Å². The van der Waals surface area contributed by atoms with Crippen LogP contribution in [-0.4, -0.2) is 24.2 Å². The Labute approximate surface area is 93.2 Å². The van der Waals surface area contributed by atoms with Crippen LogP contribution in [0, 0.1) is 0 Å². The fraction of sp³-hybridized carbons (Fsp3) is 0.364. The van der Waals surface area contributed by atoms with E-state index in [9.17, 15) is 9.90 Å². The van der Waals surface area contributed by atoms with Crippen molar-refractivity contribution < 1.29 is 14.6 Å². The number of carbonyl (C=O) groups is 1. The number of carbonyl (C=O) groups excluding carboxylic acids is 1. The van der Waals surface area contributed by atoms with Crippen LogP contribution in [0.25, 0.3) is 0 Å². The van der Waals surface area contributed by atoms with Gasteiger partial charge in [-0.25, -0.2) is 0 Å². The molecule has 2 rings (SSSR count). The van der Waals surface area contributed by atoms with Crippen LogP contribution in [0.5, 0.6) is 11.5 Å². The summed E-state index contributed by atoms with van der Waals surface area (Å²) in [7, 11) is 0. The van der Waals surface area contributed by atoms with Crippen LogP contribution in [0.15, 0.2) is 12.1 Å².